The van der Waals surface area contributed by atoms with Crippen molar-refractivity contribution in [3.05, 3.63) is 29.0 Å². The van der Waals surface area contributed by atoms with Gasteiger partial charge in [-0.3, -0.25) is 4.79 Å². The summed E-state index contributed by atoms with van der Waals surface area (Å²) in [6.45, 7) is 0. The zero-order chi connectivity index (χ0) is 12.7. The Morgan fingerprint density at radius 2 is 2.17 bits per heavy atom. The van der Waals surface area contributed by atoms with Crippen molar-refractivity contribution in [1.29, 1.82) is 0 Å². The Morgan fingerprint density at radius 3 is 2.78 bits per heavy atom. The van der Waals surface area contributed by atoms with E-state index in [2.05, 4.69) is 5.32 Å². The Hall–Kier alpha value is -1.09. The molecule has 0 aliphatic heterocycles. The predicted octanol–water partition coefficient (Wildman–Crippen LogP) is 3.85. The second kappa shape index (κ2) is 4.54. The number of hydrogen-bond donors (Lipinski definition) is 1. The quantitative estimate of drug-likeness (QED) is 0.866. The van der Waals surface area contributed by atoms with E-state index in [0.717, 1.165) is 12.3 Å². The van der Waals surface area contributed by atoms with E-state index in [-0.39, 0.29) is 16.8 Å². The van der Waals surface area contributed by atoms with Crippen molar-refractivity contribution >= 4 is 23.2 Å². The average Bonchev–Trinajstić information content (AvgIpc) is 2.96. The predicted molar refractivity (Wildman–Crippen MR) is 69.0 cm³/mol. The summed E-state index contributed by atoms with van der Waals surface area (Å²) < 4.78 is 13.0. The van der Waals surface area contributed by atoms with Crippen molar-refractivity contribution in [3.8, 4) is 0 Å². The molecule has 0 heterocycles. The van der Waals surface area contributed by atoms with Crippen LogP contribution in [0.1, 0.15) is 25.7 Å². The fraction of sp³-hybridized carbons (Fsp3) is 0.500. The van der Waals surface area contributed by atoms with Gasteiger partial charge in [0.15, 0.2) is 0 Å². The van der Waals surface area contributed by atoms with E-state index in [9.17, 15) is 9.18 Å². The number of amides is 1. The summed E-state index contributed by atoms with van der Waals surface area (Å²) in [4.78, 5) is 12.2. The van der Waals surface area contributed by atoms with E-state index < -0.39 is 5.82 Å². The molecule has 2 bridgehead atoms. The maximum absolute atomic E-state index is 13.0. The van der Waals surface area contributed by atoms with Gasteiger partial charge in [-0.25, -0.2) is 4.39 Å². The van der Waals surface area contributed by atoms with Crippen molar-refractivity contribution < 1.29 is 9.18 Å². The molecular formula is C14H15ClFNO. The molecule has 1 N–H and O–H groups in total. The number of halogens is 2. The molecule has 3 rings (SSSR count). The molecule has 1 aromatic carbocycles. The summed E-state index contributed by atoms with van der Waals surface area (Å²) in [5.74, 6) is 1.01. The van der Waals surface area contributed by atoms with E-state index in [4.69, 9.17) is 11.6 Å². The van der Waals surface area contributed by atoms with E-state index in [0.29, 0.717) is 11.6 Å². The minimum atomic E-state index is -0.463. The van der Waals surface area contributed by atoms with Gasteiger partial charge in [0.1, 0.15) is 5.82 Å². The number of benzene rings is 1. The Balaban J connectivity index is 1.69. The number of fused-ring (bicyclic) bond motifs is 2. The van der Waals surface area contributed by atoms with E-state index >= 15 is 0 Å². The van der Waals surface area contributed by atoms with Crippen LogP contribution in [0, 0.1) is 23.6 Å². The zero-order valence-electron chi connectivity index (χ0n) is 9.96. The molecule has 0 aromatic heterocycles. The molecule has 2 aliphatic carbocycles. The lowest BCUT2D eigenvalue weighted by molar-refractivity contribution is -0.121. The van der Waals surface area contributed by atoms with Crippen LogP contribution in [-0.4, -0.2) is 5.91 Å². The van der Waals surface area contributed by atoms with Crippen molar-refractivity contribution in [2.45, 2.75) is 25.7 Å². The van der Waals surface area contributed by atoms with E-state index in [1.807, 2.05) is 0 Å². The van der Waals surface area contributed by atoms with Gasteiger partial charge in [0.2, 0.25) is 5.91 Å². The summed E-state index contributed by atoms with van der Waals surface area (Å²) in [5.41, 5.74) is 0.578. The highest BCUT2D eigenvalue weighted by atomic mass is 35.5. The lowest BCUT2D eigenvalue weighted by Gasteiger charge is -2.20. The molecule has 0 spiro atoms. The summed E-state index contributed by atoms with van der Waals surface area (Å²) >= 11 is 5.69. The third kappa shape index (κ3) is 2.12. The third-order valence-corrected chi connectivity index (χ3v) is 4.55. The minimum absolute atomic E-state index is 0.0424. The first-order valence-corrected chi connectivity index (χ1v) is 6.77. The molecule has 0 unspecified atom stereocenters. The Labute approximate surface area is 111 Å². The summed E-state index contributed by atoms with van der Waals surface area (Å²) in [7, 11) is 0. The number of carbonyl (C=O) groups is 1. The Morgan fingerprint density at radius 1 is 1.33 bits per heavy atom. The minimum Gasteiger partial charge on any atom is -0.326 e. The number of carbonyl (C=O) groups excluding carboxylic acids is 1. The molecule has 1 amide bonds. The molecular weight excluding hydrogens is 253 g/mol. The van der Waals surface area contributed by atoms with Crippen molar-refractivity contribution in [2.75, 3.05) is 5.32 Å². The van der Waals surface area contributed by atoms with Gasteiger partial charge < -0.3 is 5.32 Å². The molecule has 2 nitrogen and oxygen atoms in total. The maximum atomic E-state index is 13.0. The van der Waals surface area contributed by atoms with Crippen molar-refractivity contribution in [3.63, 3.8) is 0 Å². The molecule has 18 heavy (non-hydrogen) atoms. The maximum Gasteiger partial charge on any atom is 0.227 e. The lowest BCUT2D eigenvalue weighted by atomic mass is 9.88. The first kappa shape index (κ1) is 12.0. The number of rotatable bonds is 2. The second-order valence-electron chi connectivity index (χ2n) is 5.40. The smallest absolute Gasteiger partial charge is 0.227 e. The fourth-order valence-electron chi connectivity index (χ4n) is 3.37. The Kier molecular flexibility index (Phi) is 3.02. The first-order valence-electron chi connectivity index (χ1n) is 6.39. The van der Waals surface area contributed by atoms with Gasteiger partial charge in [0.25, 0.3) is 0 Å². The van der Waals surface area contributed by atoms with Gasteiger partial charge in [-0.1, -0.05) is 18.0 Å². The highest BCUT2D eigenvalue weighted by molar-refractivity contribution is 6.31. The number of hydrogen-bond acceptors (Lipinski definition) is 1. The van der Waals surface area contributed by atoms with E-state index in [1.54, 1.807) is 6.07 Å². The van der Waals surface area contributed by atoms with Crippen LogP contribution in [0.15, 0.2) is 18.2 Å². The molecule has 2 aliphatic rings. The van der Waals surface area contributed by atoms with Gasteiger partial charge in [0.05, 0.1) is 5.02 Å². The SMILES string of the molecule is O=C(Nc1ccc(F)c(Cl)c1)[C@@H]1C[C@@H]2CC[C@@H]1C2. The Bertz CT molecular complexity index is 491. The van der Waals surface area contributed by atoms with Gasteiger partial charge in [-0.15, -0.1) is 0 Å². The van der Waals surface area contributed by atoms with Crippen molar-refractivity contribution in [2.24, 2.45) is 17.8 Å². The van der Waals surface area contributed by atoms with E-state index in [1.165, 1.54) is 31.4 Å². The molecule has 1 aromatic rings. The second-order valence-corrected chi connectivity index (χ2v) is 5.81. The molecule has 0 saturated heterocycles. The van der Waals surface area contributed by atoms with Crippen LogP contribution in [-0.2, 0) is 4.79 Å². The van der Waals surface area contributed by atoms with Gasteiger partial charge in [-0.2, -0.15) is 0 Å². The number of anilines is 1. The number of nitrogens with one attached hydrogen (secondary N) is 1. The molecule has 2 fully saturated rings. The summed E-state index contributed by atoms with van der Waals surface area (Å²) in [5, 5.41) is 2.89. The van der Waals surface area contributed by atoms with Crippen molar-refractivity contribution in [1.82, 2.24) is 0 Å². The molecule has 3 atom stereocenters. The highest BCUT2D eigenvalue weighted by Crippen LogP contribution is 2.48. The van der Waals surface area contributed by atoms with Crippen LogP contribution in [0.3, 0.4) is 0 Å². The summed E-state index contributed by atoms with van der Waals surface area (Å²) in [6, 6.07) is 4.28. The normalized spacial score (nSPS) is 29.6. The molecule has 4 heteroatoms. The topological polar surface area (TPSA) is 29.1 Å². The zero-order valence-corrected chi connectivity index (χ0v) is 10.7. The van der Waals surface area contributed by atoms with Gasteiger partial charge >= 0.3 is 0 Å². The van der Waals surface area contributed by atoms with Crippen LogP contribution in [0.4, 0.5) is 10.1 Å². The fourth-order valence-corrected chi connectivity index (χ4v) is 3.56. The van der Waals surface area contributed by atoms with Crippen LogP contribution in [0.5, 0.6) is 0 Å². The van der Waals surface area contributed by atoms with Crippen LogP contribution < -0.4 is 5.32 Å². The first-order chi connectivity index (χ1) is 8.63. The van der Waals surface area contributed by atoms with Gasteiger partial charge in [0, 0.05) is 11.6 Å². The standard InChI is InChI=1S/C14H15ClFNO/c15-12-7-10(3-4-13(12)16)17-14(18)11-6-8-1-2-9(11)5-8/h3-4,7-9,11H,1-2,5-6H2,(H,17,18)/t8-,9-,11-/m1/s1. The average molecular weight is 268 g/mol. The molecule has 2 saturated carbocycles. The largest absolute Gasteiger partial charge is 0.326 e. The highest BCUT2D eigenvalue weighted by Gasteiger charge is 2.42. The lowest BCUT2D eigenvalue weighted by Crippen LogP contribution is -2.27. The molecule has 0 radical (unpaired) electrons. The van der Waals surface area contributed by atoms with Crippen LogP contribution >= 0.6 is 11.6 Å². The van der Waals surface area contributed by atoms with Gasteiger partial charge in [-0.05, 0) is 49.3 Å². The summed E-state index contributed by atoms with van der Waals surface area (Å²) in [6.07, 6.45) is 4.65. The third-order valence-electron chi connectivity index (χ3n) is 4.26. The monoisotopic (exact) mass is 267 g/mol. The van der Waals surface area contributed by atoms with Crippen LogP contribution in [0.25, 0.3) is 0 Å². The molecule has 96 valence electrons. The van der Waals surface area contributed by atoms with Crippen LogP contribution in [0.2, 0.25) is 5.02 Å².